The van der Waals surface area contributed by atoms with Gasteiger partial charge >= 0.3 is 0 Å². The quantitative estimate of drug-likeness (QED) is 0.637. The maximum atomic E-state index is 5.45. The van der Waals surface area contributed by atoms with Crippen LogP contribution >= 0.6 is 0 Å². The lowest BCUT2D eigenvalue weighted by atomic mass is 9.92. The second-order valence-corrected chi connectivity index (χ2v) is 9.12. The first-order valence-electron chi connectivity index (χ1n) is 10.7. The summed E-state index contributed by atoms with van der Waals surface area (Å²) in [5.74, 6) is 1.80. The Kier molecular flexibility index (Phi) is 7.48. The Labute approximate surface area is 170 Å². The van der Waals surface area contributed by atoms with Gasteiger partial charge in [0.2, 0.25) is 5.95 Å². The number of nitrogens with zero attached hydrogens (tertiary/aromatic N) is 6. The van der Waals surface area contributed by atoms with Gasteiger partial charge in [-0.25, -0.2) is 4.98 Å². The Morgan fingerprint density at radius 1 is 1.07 bits per heavy atom. The van der Waals surface area contributed by atoms with Gasteiger partial charge in [0, 0.05) is 52.5 Å². The molecule has 0 N–H and O–H groups in total. The molecule has 0 unspecified atom stereocenters. The van der Waals surface area contributed by atoms with Crippen LogP contribution in [0.4, 0.5) is 11.8 Å². The fourth-order valence-corrected chi connectivity index (χ4v) is 4.38. The second kappa shape index (κ2) is 9.85. The Morgan fingerprint density at radius 2 is 1.79 bits per heavy atom. The summed E-state index contributed by atoms with van der Waals surface area (Å²) in [7, 11) is 4.35. The summed E-state index contributed by atoms with van der Waals surface area (Å²) in [6, 6.07) is 2.00. The summed E-state index contributed by atoms with van der Waals surface area (Å²) < 4.78 is 5.45. The van der Waals surface area contributed by atoms with Gasteiger partial charge in [0.05, 0.1) is 13.2 Å². The van der Waals surface area contributed by atoms with Crippen LogP contribution in [0.25, 0.3) is 0 Å². The summed E-state index contributed by atoms with van der Waals surface area (Å²) in [5.41, 5.74) is 0.160. The van der Waals surface area contributed by atoms with E-state index in [1.165, 1.54) is 32.5 Å². The minimum Gasteiger partial charge on any atom is -0.378 e. The molecule has 28 heavy (non-hydrogen) atoms. The van der Waals surface area contributed by atoms with Crippen molar-refractivity contribution in [2.45, 2.75) is 26.7 Å². The third-order valence-electron chi connectivity index (χ3n) is 5.66. The molecule has 2 aliphatic heterocycles. The third-order valence-corrected chi connectivity index (χ3v) is 5.66. The lowest BCUT2D eigenvalue weighted by molar-refractivity contribution is 0.122. The highest BCUT2D eigenvalue weighted by molar-refractivity contribution is 5.43. The van der Waals surface area contributed by atoms with Crippen LogP contribution in [0, 0.1) is 5.41 Å². The zero-order valence-electron chi connectivity index (χ0n) is 18.2. The van der Waals surface area contributed by atoms with Crippen molar-refractivity contribution < 1.29 is 4.74 Å². The Morgan fingerprint density at radius 3 is 2.50 bits per heavy atom. The van der Waals surface area contributed by atoms with Crippen LogP contribution in [0.5, 0.6) is 0 Å². The van der Waals surface area contributed by atoms with Gasteiger partial charge in [0.25, 0.3) is 0 Å². The van der Waals surface area contributed by atoms with Crippen LogP contribution in [-0.2, 0) is 4.74 Å². The van der Waals surface area contributed by atoms with E-state index in [0.717, 1.165) is 57.7 Å². The summed E-state index contributed by atoms with van der Waals surface area (Å²) in [6.45, 7) is 14.9. The van der Waals surface area contributed by atoms with Crippen LogP contribution in [0.3, 0.4) is 0 Å². The molecule has 7 nitrogen and oxygen atoms in total. The predicted molar refractivity (Wildman–Crippen MR) is 115 cm³/mol. The molecule has 2 saturated heterocycles. The van der Waals surface area contributed by atoms with Gasteiger partial charge in [0.1, 0.15) is 5.82 Å². The molecule has 0 saturated carbocycles. The van der Waals surface area contributed by atoms with Crippen LogP contribution in [0.2, 0.25) is 0 Å². The number of morpholine rings is 1. The molecule has 0 aromatic carbocycles. The van der Waals surface area contributed by atoms with Crippen molar-refractivity contribution >= 4 is 11.8 Å². The summed E-state index contributed by atoms with van der Waals surface area (Å²) in [6.07, 6.45) is 4.60. The zero-order chi connectivity index (χ0) is 20.0. The number of aromatic nitrogens is 2. The number of ether oxygens (including phenoxy) is 1. The molecule has 0 atom stereocenters. The summed E-state index contributed by atoms with van der Waals surface area (Å²) in [5, 5.41) is 0. The van der Waals surface area contributed by atoms with E-state index < -0.39 is 0 Å². The standard InChI is InChI=1S/C21H38N6O/c1-21(2,17-24(3)11-12-26-9-5-6-10-26)18-25(4)20-22-8-7-19(23-20)27-13-15-28-16-14-27/h7-8H,5-6,9-18H2,1-4H3. The topological polar surface area (TPSA) is 48.0 Å². The minimum atomic E-state index is 0.160. The first-order chi connectivity index (χ1) is 13.4. The van der Waals surface area contributed by atoms with E-state index >= 15 is 0 Å². The Hall–Kier alpha value is -1.44. The molecular formula is C21H38N6O. The molecule has 1 aromatic heterocycles. The molecule has 2 aliphatic rings. The molecule has 3 heterocycles. The zero-order valence-corrected chi connectivity index (χ0v) is 18.2. The van der Waals surface area contributed by atoms with Gasteiger partial charge < -0.3 is 24.3 Å². The van der Waals surface area contributed by atoms with Crippen LogP contribution < -0.4 is 9.80 Å². The number of hydrogen-bond donors (Lipinski definition) is 0. The van der Waals surface area contributed by atoms with E-state index in [1.807, 2.05) is 12.3 Å². The molecule has 158 valence electrons. The van der Waals surface area contributed by atoms with Gasteiger partial charge in [0.15, 0.2) is 0 Å². The van der Waals surface area contributed by atoms with Gasteiger partial charge in [-0.2, -0.15) is 4.98 Å². The van der Waals surface area contributed by atoms with Crippen LogP contribution in [-0.4, -0.2) is 99.4 Å². The number of likely N-dealkylation sites (tertiary alicyclic amines) is 1. The average Bonchev–Trinajstić information content (AvgIpc) is 3.20. The van der Waals surface area contributed by atoms with Crippen molar-refractivity contribution in [3.63, 3.8) is 0 Å². The van der Waals surface area contributed by atoms with E-state index in [9.17, 15) is 0 Å². The van der Waals surface area contributed by atoms with Gasteiger partial charge in [-0.15, -0.1) is 0 Å². The minimum absolute atomic E-state index is 0.160. The highest BCUT2D eigenvalue weighted by Crippen LogP contribution is 2.22. The summed E-state index contributed by atoms with van der Waals surface area (Å²) >= 11 is 0. The molecule has 0 amide bonds. The monoisotopic (exact) mass is 390 g/mol. The van der Waals surface area contributed by atoms with E-state index in [1.54, 1.807) is 0 Å². The van der Waals surface area contributed by atoms with E-state index in [-0.39, 0.29) is 5.41 Å². The average molecular weight is 391 g/mol. The SMILES string of the molecule is CN(CCN1CCCC1)CC(C)(C)CN(C)c1nccc(N2CCOCC2)n1. The first kappa shape index (κ1) is 21.3. The van der Waals surface area contributed by atoms with Gasteiger partial charge in [-0.3, -0.25) is 0 Å². The third kappa shape index (κ3) is 6.29. The second-order valence-electron chi connectivity index (χ2n) is 9.12. The Balaban J connectivity index is 1.51. The smallest absolute Gasteiger partial charge is 0.227 e. The molecule has 7 heteroatoms. The largest absolute Gasteiger partial charge is 0.378 e. The van der Waals surface area contributed by atoms with Crippen molar-refractivity contribution in [2.24, 2.45) is 5.41 Å². The van der Waals surface area contributed by atoms with Crippen molar-refractivity contribution in [3.05, 3.63) is 12.3 Å². The first-order valence-corrected chi connectivity index (χ1v) is 10.7. The summed E-state index contributed by atoms with van der Waals surface area (Å²) in [4.78, 5) is 18.9. The maximum Gasteiger partial charge on any atom is 0.227 e. The van der Waals surface area contributed by atoms with Gasteiger partial charge in [-0.05, 0) is 44.5 Å². The highest BCUT2D eigenvalue weighted by atomic mass is 16.5. The molecule has 2 fully saturated rings. The molecule has 0 spiro atoms. The van der Waals surface area contributed by atoms with Crippen molar-refractivity contribution in [2.75, 3.05) is 89.5 Å². The van der Waals surface area contributed by atoms with E-state index in [0.29, 0.717) is 0 Å². The molecule has 3 rings (SSSR count). The maximum absolute atomic E-state index is 5.45. The van der Waals surface area contributed by atoms with Crippen molar-refractivity contribution in [3.8, 4) is 0 Å². The number of anilines is 2. The number of hydrogen-bond acceptors (Lipinski definition) is 7. The van der Waals surface area contributed by atoms with Crippen LogP contribution in [0.1, 0.15) is 26.7 Å². The predicted octanol–water partition coefficient (Wildman–Crippen LogP) is 1.80. The van der Waals surface area contributed by atoms with Crippen molar-refractivity contribution in [1.29, 1.82) is 0 Å². The van der Waals surface area contributed by atoms with Gasteiger partial charge in [-0.1, -0.05) is 13.8 Å². The van der Waals surface area contributed by atoms with E-state index in [2.05, 4.69) is 52.5 Å². The Bertz CT molecular complexity index is 598. The highest BCUT2D eigenvalue weighted by Gasteiger charge is 2.24. The normalized spacial score (nSPS) is 18.8. The fraction of sp³-hybridized carbons (Fsp3) is 0.810. The van der Waals surface area contributed by atoms with E-state index in [4.69, 9.17) is 9.72 Å². The molecule has 0 aliphatic carbocycles. The molecular weight excluding hydrogens is 352 g/mol. The molecule has 1 aromatic rings. The van der Waals surface area contributed by atoms with Crippen LogP contribution in [0.15, 0.2) is 12.3 Å². The molecule has 0 radical (unpaired) electrons. The fourth-order valence-electron chi connectivity index (χ4n) is 4.38. The lowest BCUT2D eigenvalue weighted by Gasteiger charge is -2.35. The van der Waals surface area contributed by atoms with Crippen molar-refractivity contribution in [1.82, 2.24) is 19.8 Å². The number of likely N-dealkylation sites (N-methyl/N-ethyl adjacent to an activating group) is 1. The number of rotatable bonds is 9. The lowest BCUT2D eigenvalue weighted by Crippen LogP contribution is -2.42. The molecule has 0 bridgehead atoms.